The van der Waals surface area contributed by atoms with Gasteiger partial charge in [0.05, 0.1) is 0 Å². The van der Waals surface area contributed by atoms with Crippen molar-refractivity contribution in [3.05, 3.63) is 27.3 Å². The Bertz CT molecular complexity index is 428. The number of benzene rings is 1. The van der Waals surface area contributed by atoms with E-state index < -0.39 is 0 Å². The number of anilines is 1. The van der Waals surface area contributed by atoms with E-state index in [4.69, 9.17) is 0 Å². The van der Waals surface area contributed by atoms with Gasteiger partial charge in [0.25, 0.3) is 0 Å². The minimum absolute atomic E-state index is 0.0915. The molecule has 2 rings (SSSR count). The molecule has 1 saturated carbocycles. The van der Waals surface area contributed by atoms with Crippen molar-refractivity contribution in [3.8, 4) is 0 Å². The van der Waals surface area contributed by atoms with Crippen molar-refractivity contribution in [1.82, 2.24) is 5.32 Å². The van der Waals surface area contributed by atoms with Crippen LogP contribution in [0.5, 0.6) is 0 Å². The molecule has 1 aromatic rings. The van der Waals surface area contributed by atoms with Gasteiger partial charge < -0.3 is 10.6 Å². The highest BCUT2D eigenvalue weighted by molar-refractivity contribution is 14.1. The molecule has 0 aliphatic heterocycles. The Morgan fingerprint density at radius 1 is 1.39 bits per heavy atom. The van der Waals surface area contributed by atoms with Crippen molar-refractivity contribution in [2.45, 2.75) is 32.6 Å². The molecule has 0 unspecified atom stereocenters. The lowest BCUT2D eigenvalue weighted by molar-refractivity contribution is 0.250. The third-order valence-electron chi connectivity index (χ3n) is 3.46. The Labute approximate surface area is 122 Å². The predicted octanol–water partition coefficient (Wildman–Crippen LogP) is 3.91. The minimum atomic E-state index is -0.0915. The largest absolute Gasteiger partial charge is 0.338 e. The third-order valence-corrected chi connectivity index (χ3v) is 4.13. The maximum Gasteiger partial charge on any atom is 0.319 e. The first kappa shape index (κ1) is 13.6. The number of carbonyl (C=O) groups is 1. The van der Waals surface area contributed by atoms with Crippen LogP contribution in [-0.4, -0.2) is 12.6 Å². The number of urea groups is 1. The molecule has 0 aromatic heterocycles. The van der Waals surface area contributed by atoms with Crippen molar-refractivity contribution >= 4 is 34.3 Å². The molecule has 4 heteroatoms. The summed E-state index contributed by atoms with van der Waals surface area (Å²) in [6.07, 6.45) is 5.13. The van der Waals surface area contributed by atoms with Gasteiger partial charge in [-0.3, -0.25) is 0 Å². The number of amides is 2. The highest BCUT2D eigenvalue weighted by Gasteiger charge is 2.15. The summed E-state index contributed by atoms with van der Waals surface area (Å²) in [4.78, 5) is 11.8. The summed E-state index contributed by atoms with van der Waals surface area (Å²) in [5.41, 5.74) is 1.98. The van der Waals surface area contributed by atoms with Crippen LogP contribution in [0, 0.1) is 16.4 Å². The van der Waals surface area contributed by atoms with Gasteiger partial charge in [-0.15, -0.1) is 0 Å². The van der Waals surface area contributed by atoms with Gasteiger partial charge in [0.1, 0.15) is 0 Å². The molecule has 18 heavy (non-hydrogen) atoms. The average molecular weight is 358 g/mol. The summed E-state index contributed by atoms with van der Waals surface area (Å²) in [6, 6.07) is 5.92. The fourth-order valence-corrected chi connectivity index (χ4v) is 3.03. The summed E-state index contributed by atoms with van der Waals surface area (Å²) in [5, 5.41) is 5.87. The number of nitrogens with one attached hydrogen (secondary N) is 2. The van der Waals surface area contributed by atoms with Crippen LogP contribution in [0.1, 0.15) is 31.2 Å². The number of carbonyl (C=O) groups excluding carboxylic acids is 1. The number of aryl methyl sites for hydroxylation is 1. The molecule has 0 spiro atoms. The predicted molar refractivity (Wildman–Crippen MR) is 82.9 cm³/mol. The molecule has 2 amide bonds. The molecule has 98 valence electrons. The molecular weight excluding hydrogens is 339 g/mol. The number of rotatable bonds is 3. The Balaban J connectivity index is 1.82. The Hall–Kier alpha value is -0.780. The summed E-state index contributed by atoms with van der Waals surface area (Å²) < 4.78 is 1.18. The molecular formula is C14H19IN2O. The highest BCUT2D eigenvalue weighted by atomic mass is 127. The molecule has 0 saturated heterocycles. The van der Waals surface area contributed by atoms with Crippen LogP contribution in [0.4, 0.5) is 10.5 Å². The van der Waals surface area contributed by atoms with Crippen molar-refractivity contribution in [3.63, 3.8) is 0 Å². The highest BCUT2D eigenvalue weighted by Crippen LogP contribution is 2.23. The number of hydrogen-bond donors (Lipinski definition) is 2. The lowest BCUT2D eigenvalue weighted by Gasteiger charge is -2.13. The van der Waals surface area contributed by atoms with E-state index in [1.165, 1.54) is 29.3 Å². The molecule has 0 radical (unpaired) electrons. The Morgan fingerprint density at radius 3 is 2.78 bits per heavy atom. The molecule has 1 fully saturated rings. The summed E-state index contributed by atoms with van der Waals surface area (Å²) >= 11 is 2.27. The van der Waals surface area contributed by atoms with Gasteiger partial charge in [-0.25, -0.2) is 4.79 Å². The topological polar surface area (TPSA) is 41.1 Å². The quantitative estimate of drug-likeness (QED) is 0.791. The fourth-order valence-electron chi connectivity index (χ4n) is 2.39. The molecule has 1 aromatic carbocycles. The van der Waals surface area contributed by atoms with Crippen molar-refractivity contribution in [2.75, 3.05) is 11.9 Å². The number of hydrogen-bond acceptors (Lipinski definition) is 1. The summed E-state index contributed by atoms with van der Waals surface area (Å²) in [6.45, 7) is 2.81. The maximum absolute atomic E-state index is 11.8. The first-order valence-electron chi connectivity index (χ1n) is 6.46. The molecule has 3 nitrogen and oxygen atoms in total. The lowest BCUT2D eigenvalue weighted by atomic mass is 10.1. The van der Waals surface area contributed by atoms with Crippen LogP contribution in [0.15, 0.2) is 18.2 Å². The van der Waals surface area contributed by atoms with Crippen LogP contribution in [-0.2, 0) is 0 Å². The molecule has 0 bridgehead atoms. The second-order valence-electron chi connectivity index (χ2n) is 4.94. The third kappa shape index (κ3) is 3.86. The maximum atomic E-state index is 11.8. The van der Waals surface area contributed by atoms with Crippen LogP contribution >= 0.6 is 22.6 Å². The smallest absolute Gasteiger partial charge is 0.319 e. The zero-order valence-corrected chi connectivity index (χ0v) is 12.8. The molecule has 1 aliphatic carbocycles. The van der Waals surface area contributed by atoms with Gasteiger partial charge >= 0.3 is 6.03 Å². The second-order valence-corrected chi connectivity index (χ2v) is 6.19. The lowest BCUT2D eigenvalue weighted by Crippen LogP contribution is -2.32. The Morgan fingerprint density at radius 2 is 2.11 bits per heavy atom. The van der Waals surface area contributed by atoms with Gasteiger partial charge in [-0.05, 0) is 72.0 Å². The summed E-state index contributed by atoms with van der Waals surface area (Å²) in [7, 11) is 0. The second kappa shape index (κ2) is 6.41. The molecule has 1 aliphatic rings. The van der Waals surface area contributed by atoms with Gasteiger partial charge in [-0.1, -0.05) is 12.8 Å². The fraction of sp³-hybridized carbons (Fsp3) is 0.500. The van der Waals surface area contributed by atoms with E-state index in [-0.39, 0.29) is 6.03 Å². The van der Waals surface area contributed by atoms with E-state index in [1.807, 2.05) is 19.1 Å². The van der Waals surface area contributed by atoms with E-state index in [0.29, 0.717) is 5.92 Å². The first-order valence-corrected chi connectivity index (χ1v) is 7.54. The van der Waals surface area contributed by atoms with Gasteiger partial charge in [0, 0.05) is 15.8 Å². The van der Waals surface area contributed by atoms with E-state index >= 15 is 0 Å². The van der Waals surface area contributed by atoms with Crippen molar-refractivity contribution in [1.29, 1.82) is 0 Å². The van der Waals surface area contributed by atoms with Crippen LogP contribution in [0.25, 0.3) is 0 Å². The monoisotopic (exact) mass is 358 g/mol. The SMILES string of the molecule is Cc1cc(I)ccc1NC(=O)NCC1CCCC1. The molecule has 0 heterocycles. The zero-order chi connectivity index (χ0) is 13.0. The van der Waals surface area contributed by atoms with Gasteiger partial charge in [0.15, 0.2) is 0 Å². The normalized spacial score (nSPS) is 15.7. The molecule has 0 atom stereocenters. The van der Waals surface area contributed by atoms with E-state index in [1.54, 1.807) is 0 Å². The minimum Gasteiger partial charge on any atom is -0.338 e. The standard InChI is InChI=1S/C14H19IN2O/c1-10-8-12(15)6-7-13(10)17-14(18)16-9-11-4-2-3-5-11/h6-8,11H,2-5,9H2,1H3,(H2,16,17,18). The average Bonchev–Trinajstić information content (AvgIpc) is 2.83. The first-order chi connectivity index (χ1) is 8.65. The van der Waals surface area contributed by atoms with Crippen LogP contribution in [0.3, 0.4) is 0 Å². The number of halogens is 1. The van der Waals surface area contributed by atoms with Crippen molar-refractivity contribution in [2.24, 2.45) is 5.92 Å². The van der Waals surface area contributed by atoms with Gasteiger partial charge in [0.2, 0.25) is 0 Å². The van der Waals surface area contributed by atoms with E-state index in [2.05, 4.69) is 39.3 Å². The van der Waals surface area contributed by atoms with E-state index in [0.717, 1.165) is 17.8 Å². The molecule has 2 N–H and O–H groups in total. The van der Waals surface area contributed by atoms with Crippen molar-refractivity contribution < 1.29 is 4.79 Å². The van der Waals surface area contributed by atoms with Gasteiger partial charge in [-0.2, -0.15) is 0 Å². The Kier molecular flexibility index (Phi) is 4.86. The van der Waals surface area contributed by atoms with Crippen LogP contribution < -0.4 is 10.6 Å². The van der Waals surface area contributed by atoms with Crippen LogP contribution in [0.2, 0.25) is 0 Å². The van der Waals surface area contributed by atoms with E-state index in [9.17, 15) is 4.79 Å². The summed E-state index contributed by atoms with van der Waals surface area (Å²) in [5.74, 6) is 0.675. The zero-order valence-electron chi connectivity index (χ0n) is 10.6.